The zero-order valence-electron chi connectivity index (χ0n) is 14.9. The van der Waals surface area contributed by atoms with Gasteiger partial charge < -0.3 is 10.2 Å². The standard InChI is InChI=1S/C19H18FN5O2S/c20-14-2-4-16(5-3-14)24-11-13(10-17(24)26)18(27)21-8-6-15-12-28-19(23-15)25-9-1-7-22-25/h1-5,7,9,12-13H,6,8,10-11H2,(H,21,27). The summed E-state index contributed by atoms with van der Waals surface area (Å²) in [5.74, 6) is -1.05. The minimum Gasteiger partial charge on any atom is -0.355 e. The Bertz CT molecular complexity index is 971. The molecule has 28 heavy (non-hydrogen) atoms. The summed E-state index contributed by atoms with van der Waals surface area (Å²) in [5.41, 5.74) is 1.49. The van der Waals surface area contributed by atoms with Gasteiger partial charge in [-0.15, -0.1) is 11.3 Å². The summed E-state index contributed by atoms with van der Waals surface area (Å²) in [7, 11) is 0. The summed E-state index contributed by atoms with van der Waals surface area (Å²) in [6.45, 7) is 0.749. The SMILES string of the molecule is O=C(NCCc1csc(-n2cccn2)n1)C1CC(=O)N(c2ccc(F)cc2)C1. The number of nitrogens with one attached hydrogen (secondary N) is 1. The Morgan fingerprint density at radius 1 is 1.32 bits per heavy atom. The number of anilines is 1. The van der Waals surface area contributed by atoms with Gasteiger partial charge >= 0.3 is 0 Å². The van der Waals surface area contributed by atoms with Crippen molar-refractivity contribution in [2.45, 2.75) is 12.8 Å². The van der Waals surface area contributed by atoms with E-state index in [1.54, 1.807) is 23.0 Å². The van der Waals surface area contributed by atoms with Crippen LogP contribution in [0, 0.1) is 11.7 Å². The molecule has 1 atom stereocenters. The third-order valence-electron chi connectivity index (χ3n) is 4.55. The summed E-state index contributed by atoms with van der Waals surface area (Å²) >= 11 is 1.49. The smallest absolute Gasteiger partial charge is 0.227 e. The Morgan fingerprint density at radius 2 is 2.14 bits per heavy atom. The van der Waals surface area contributed by atoms with Gasteiger partial charge in [0.1, 0.15) is 5.82 Å². The van der Waals surface area contributed by atoms with Crippen molar-refractivity contribution in [3.8, 4) is 5.13 Å². The van der Waals surface area contributed by atoms with Gasteiger partial charge in [0.05, 0.1) is 11.6 Å². The van der Waals surface area contributed by atoms with Gasteiger partial charge in [-0.2, -0.15) is 5.10 Å². The highest BCUT2D eigenvalue weighted by Crippen LogP contribution is 2.25. The maximum atomic E-state index is 13.1. The van der Waals surface area contributed by atoms with Crippen LogP contribution < -0.4 is 10.2 Å². The van der Waals surface area contributed by atoms with Gasteiger partial charge in [-0.3, -0.25) is 9.59 Å². The van der Waals surface area contributed by atoms with Crippen LogP contribution in [-0.4, -0.2) is 39.7 Å². The molecule has 1 unspecified atom stereocenters. The summed E-state index contributed by atoms with van der Waals surface area (Å²) in [6, 6.07) is 7.54. The lowest BCUT2D eigenvalue weighted by molar-refractivity contribution is -0.126. The largest absolute Gasteiger partial charge is 0.355 e. The van der Waals surface area contributed by atoms with Gasteiger partial charge in [0, 0.05) is 49.4 Å². The van der Waals surface area contributed by atoms with Crippen LogP contribution in [0.25, 0.3) is 5.13 Å². The first kappa shape index (κ1) is 18.3. The summed E-state index contributed by atoms with van der Waals surface area (Å²) in [6.07, 6.45) is 4.28. The molecule has 1 fully saturated rings. The van der Waals surface area contributed by atoms with Crippen LogP contribution in [-0.2, 0) is 16.0 Å². The predicted octanol–water partition coefficient (Wildman–Crippen LogP) is 2.18. The normalized spacial score (nSPS) is 16.5. The first-order valence-corrected chi connectivity index (χ1v) is 9.76. The highest BCUT2D eigenvalue weighted by molar-refractivity contribution is 7.12. The molecule has 1 aliphatic rings. The fourth-order valence-corrected chi connectivity index (χ4v) is 3.91. The quantitative estimate of drug-likeness (QED) is 0.689. The van der Waals surface area contributed by atoms with E-state index in [0.717, 1.165) is 10.8 Å². The van der Waals surface area contributed by atoms with E-state index in [-0.39, 0.29) is 24.1 Å². The highest BCUT2D eigenvalue weighted by atomic mass is 32.1. The molecule has 144 valence electrons. The molecule has 2 amide bonds. The van der Waals surface area contributed by atoms with Crippen molar-refractivity contribution in [2.24, 2.45) is 5.92 Å². The van der Waals surface area contributed by atoms with Crippen molar-refractivity contribution in [1.82, 2.24) is 20.1 Å². The highest BCUT2D eigenvalue weighted by Gasteiger charge is 2.34. The van der Waals surface area contributed by atoms with Gasteiger partial charge in [-0.05, 0) is 30.3 Å². The van der Waals surface area contributed by atoms with Gasteiger partial charge in [-0.25, -0.2) is 14.1 Å². The molecule has 9 heteroatoms. The number of rotatable bonds is 6. The maximum absolute atomic E-state index is 13.1. The van der Waals surface area contributed by atoms with E-state index in [9.17, 15) is 14.0 Å². The average Bonchev–Trinajstić information content (AvgIpc) is 3.43. The van der Waals surface area contributed by atoms with Gasteiger partial charge in [-0.1, -0.05) is 0 Å². The molecule has 0 bridgehead atoms. The van der Waals surface area contributed by atoms with E-state index < -0.39 is 5.92 Å². The van der Waals surface area contributed by atoms with E-state index in [1.165, 1.54) is 28.4 Å². The topological polar surface area (TPSA) is 80.1 Å². The van der Waals surface area contributed by atoms with Crippen LogP contribution >= 0.6 is 11.3 Å². The number of hydrogen-bond acceptors (Lipinski definition) is 5. The second kappa shape index (κ2) is 7.89. The molecule has 0 radical (unpaired) electrons. The molecule has 1 aliphatic heterocycles. The van der Waals surface area contributed by atoms with Crippen molar-refractivity contribution in [3.63, 3.8) is 0 Å². The van der Waals surface area contributed by atoms with Crippen LogP contribution in [0.5, 0.6) is 0 Å². The van der Waals surface area contributed by atoms with Gasteiger partial charge in [0.2, 0.25) is 16.9 Å². The third kappa shape index (κ3) is 3.94. The summed E-state index contributed by atoms with van der Waals surface area (Å²) < 4.78 is 14.8. The summed E-state index contributed by atoms with van der Waals surface area (Å²) in [4.78, 5) is 30.7. The van der Waals surface area contributed by atoms with Crippen molar-refractivity contribution in [3.05, 3.63) is 59.6 Å². The van der Waals surface area contributed by atoms with Crippen molar-refractivity contribution < 1.29 is 14.0 Å². The van der Waals surface area contributed by atoms with Crippen molar-refractivity contribution in [2.75, 3.05) is 18.0 Å². The Balaban J connectivity index is 1.28. The minimum atomic E-state index is -0.410. The Morgan fingerprint density at radius 3 is 2.89 bits per heavy atom. The van der Waals surface area contributed by atoms with E-state index in [0.29, 0.717) is 25.2 Å². The van der Waals surface area contributed by atoms with Crippen LogP contribution in [0.2, 0.25) is 0 Å². The number of amides is 2. The first-order valence-electron chi connectivity index (χ1n) is 8.88. The fraction of sp³-hybridized carbons (Fsp3) is 0.263. The lowest BCUT2D eigenvalue weighted by Crippen LogP contribution is -2.34. The zero-order valence-corrected chi connectivity index (χ0v) is 15.7. The molecule has 0 saturated carbocycles. The molecule has 2 aromatic heterocycles. The molecule has 3 heterocycles. The predicted molar refractivity (Wildman–Crippen MR) is 103 cm³/mol. The van der Waals surface area contributed by atoms with Crippen molar-refractivity contribution >= 4 is 28.8 Å². The maximum Gasteiger partial charge on any atom is 0.227 e. The van der Waals surface area contributed by atoms with Crippen molar-refractivity contribution in [1.29, 1.82) is 0 Å². The number of carbonyl (C=O) groups is 2. The molecule has 3 aromatic rings. The first-order chi connectivity index (χ1) is 13.6. The Labute approximate surface area is 164 Å². The monoisotopic (exact) mass is 399 g/mol. The second-order valence-electron chi connectivity index (χ2n) is 6.49. The number of hydrogen-bond donors (Lipinski definition) is 1. The summed E-state index contributed by atoms with van der Waals surface area (Å²) in [5, 5.41) is 9.75. The molecular formula is C19H18FN5O2S. The second-order valence-corrected chi connectivity index (χ2v) is 7.33. The van der Waals surface area contributed by atoms with Gasteiger partial charge in [0.15, 0.2) is 0 Å². The third-order valence-corrected chi connectivity index (χ3v) is 5.43. The molecule has 1 N–H and O–H groups in total. The Kier molecular flexibility index (Phi) is 5.16. The molecule has 7 nitrogen and oxygen atoms in total. The average molecular weight is 399 g/mol. The van der Waals surface area contributed by atoms with E-state index in [2.05, 4.69) is 15.4 Å². The Hall–Kier alpha value is -3.07. The van der Waals surface area contributed by atoms with Crippen LogP contribution in [0.3, 0.4) is 0 Å². The minimum absolute atomic E-state index is 0.130. The molecule has 0 aliphatic carbocycles. The number of nitrogens with zero attached hydrogens (tertiary/aromatic N) is 4. The number of thiazole rings is 1. The molecular weight excluding hydrogens is 381 g/mol. The molecule has 0 spiro atoms. The van der Waals surface area contributed by atoms with E-state index >= 15 is 0 Å². The number of halogens is 1. The van der Waals surface area contributed by atoms with Crippen LogP contribution in [0.1, 0.15) is 12.1 Å². The van der Waals surface area contributed by atoms with Gasteiger partial charge in [0.25, 0.3) is 0 Å². The fourth-order valence-electron chi connectivity index (χ4n) is 3.11. The molecule has 4 rings (SSSR count). The van der Waals surface area contributed by atoms with E-state index in [1.807, 2.05) is 17.6 Å². The number of aromatic nitrogens is 3. The number of carbonyl (C=O) groups excluding carboxylic acids is 2. The van der Waals surface area contributed by atoms with E-state index in [4.69, 9.17) is 0 Å². The lowest BCUT2D eigenvalue weighted by atomic mass is 10.1. The molecule has 1 saturated heterocycles. The zero-order chi connectivity index (χ0) is 19.5. The van der Waals surface area contributed by atoms with Crippen LogP contribution in [0.4, 0.5) is 10.1 Å². The van der Waals surface area contributed by atoms with Crippen LogP contribution in [0.15, 0.2) is 48.1 Å². The molecule has 1 aromatic carbocycles. The lowest BCUT2D eigenvalue weighted by Gasteiger charge is -2.16. The number of benzene rings is 1.